The van der Waals surface area contributed by atoms with Crippen LogP contribution in [0.15, 0.2) is 47.7 Å². The summed E-state index contributed by atoms with van der Waals surface area (Å²) in [7, 11) is 1.79. The molecule has 1 atom stereocenters. The molecule has 0 radical (unpaired) electrons. The smallest absolute Gasteiger partial charge is 0.191 e. The summed E-state index contributed by atoms with van der Waals surface area (Å²) in [5.41, 5.74) is 2.52. The first-order chi connectivity index (χ1) is 10.7. The molecule has 1 aromatic carbocycles. The lowest BCUT2D eigenvalue weighted by atomic mass is 10.1. The zero-order valence-corrected chi connectivity index (χ0v) is 16.3. The molecule has 23 heavy (non-hydrogen) atoms. The number of rotatable bonds is 6. The number of nitrogens with one attached hydrogen (secondary N) is 2. The van der Waals surface area contributed by atoms with E-state index in [0.29, 0.717) is 5.92 Å². The van der Waals surface area contributed by atoms with Crippen molar-refractivity contribution >= 4 is 29.9 Å². The summed E-state index contributed by atoms with van der Waals surface area (Å²) in [6, 6.07) is 10.5. The number of nitrogens with zero attached hydrogens (tertiary/aromatic N) is 3. The van der Waals surface area contributed by atoms with Gasteiger partial charge in [-0.25, -0.2) is 0 Å². The van der Waals surface area contributed by atoms with Crippen molar-refractivity contribution in [2.75, 3.05) is 13.6 Å². The Labute approximate surface area is 155 Å². The Morgan fingerprint density at radius 1 is 1.26 bits per heavy atom. The van der Waals surface area contributed by atoms with Crippen molar-refractivity contribution in [3.8, 4) is 0 Å². The van der Waals surface area contributed by atoms with Gasteiger partial charge in [-0.15, -0.1) is 24.0 Å². The average Bonchev–Trinajstić information content (AvgIpc) is 3.02. The topological polar surface area (TPSA) is 54.2 Å². The van der Waals surface area contributed by atoms with Crippen LogP contribution < -0.4 is 10.6 Å². The molecule has 0 saturated heterocycles. The van der Waals surface area contributed by atoms with Crippen molar-refractivity contribution in [3.63, 3.8) is 0 Å². The van der Waals surface area contributed by atoms with Crippen LogP contribution in [-0.2, 0) is 13.1 Å². The normalized spacial score (nSPS) is 12.4. The minimum Gasteiger partial charge on any atom is -0.356 e. The van der Waals surface area contributed by atoms with Gasteiger partial charge in [-0.05, 0) is 24.5 Å². The van der Waals surface area contributed by atoms with E-state index >= 15 is 0 Å². The lowest BCUT2D eigenvalue weighted by molar-refractivity contribution is 0.443. The molecule has 1 unspecified atom stereocenters. The van der Waals surface area contributed by atoms with E-state index in [1.54, 1.807) is 7.05 Å². The second-order valence-electron chi connectivity index (χ2n) is 5.63. The zero-order chi connectivity index (χ0) is 15.8. The molecule has 2 N–H and O–H groups in total. The SMILES string of the molecule is CN=C(NCc1ccc(C)cc1)NCC(C)Cn1cccn1.I. The van der Waals surface area contributed by atoms with E-state index in [9.17, 15) is 0 Å². The summed E-state index contributed by atoms with van der Waals surface area (Å²) in [6.45, 7) is 6.82. The van der Waals surface area contributed by atoms with Gasteiger partial charge < -0.3 is 10.6 Å². The van der Waals surface area contributed by atoms with Crippen LogP contribution in [0.1, 0.15) is 18.1 Å². The molecule has 5 nitrogen and oxygen atoms in total. The molecule has 6 heteroatoms. The third-order valence-electron chi connectivity index (χ3n) is 3.48. The molecule has 1 aromatic heterocycles. The van der Waals surface area contributed by atoms with Crippen LogP contribution in [0.5, 0.6) is 0 Å². The molecule has 2 rings (SSSR count). The van der Waals surface area contributed by atoms with Gasteiger partial charge >= 0.3 is 0 Å². The Hall–Kier alpha value is -1.57. The van der Waals surface area contributed by atoms with Crippen molar-refractivity contribution in [3.05, 3.63) is 53.9 Å². The monoisotopic (exact) mass is 427 g/mol. The van der Waals surface area contributed by atoms with E-state index in [1.165, 1.54) is 11.1 Å². The molecular weight excluding hydrogens is 401 g/mol. The van der Waals surface area contributed by atoms with E-state index in [-0.39, 0.29) is 24.0 Å². The minimum absolute atomic E-state index is 0. The lowest BCUT2D eigenvalue weighted by Crippen LogP contribution is -2.39. The molecule has 0 spiro atoms. The summed E-state index contributed by atoms with van der Waals surface area (Å²) < 4.78 is 1.95. The minimum atomic E-state index is 0. The first-order valence-corrected chi connectivity index (χ1v) is 7.65. The summed E-state index contributed by atoms with van der Waals surface area (Å²) in [5, 5.41) is 10.9. The maximum Gasteiger partial charge on any atom is 0.191 e. The number of aryl methyl sites for hydroxylation is 1. The average molecular weight is 427 g/mol. The molecule has 0 aliphatic heterocycles. The Bertz CT molecular complexity index is 578. The second kappa shape index (κ2) is 10.3. The van der Waals surface area contributed by atoms with Crippen LogP contribution in [0, 0.1) is 12.8 Å². The molecule has 0 saturated carbocycles. The van der Waals surface area contributed by atoms with Crippen molar-refractivity contribution < 1.29 is 0 Å². The summed E-state index contributed by atoms with van der Waals surface area (Å²) in [4.78, 5) is 4.26. The predicted octanol–water partition coefficient (Wildman–Crippen LogP) is 2.81. The third-order valence-corrected chi connectivity index (χ3v) is 3.48. The summed E-state index contributed by atoms with van der Waals surface area (Å²) in [6.07, 6.45) is 3.79. The highest BCUT2D eigenvalue weighted by Crippen LogP contribution is 2.02. The zero-order valence-electron chi connectivity index (χ0n) is 14.0. The molecule has 0 aliphatic rings. The first kappa shape index (κ1) is 19.5. The fourth-order valence-corrected chi connectivity index (χ4v) is 2.18. The van der Waals surface area contributed by atoms with E-state index in [0.717, 1.165) is 25.6 Å². The van der Waals surface area contributed by atoms with Gasteiger partial charge in [-0.2, -0.15) is 5.10 Å². The van der Waals surface area contributed by atoms with Crippen molar-refractivity contribution in [2.24, 2.45) is 10.9 Å². The molecule has 0 amide bonds. The van der Waals surface area contributed by atoms with Crippen LogP contribution in [0.4, 0.5) is 0 Å². The maximum atomic E-state index is 4.26. The first-order valence-electron chi connectivity index (χ1n) is 7.65. The van der Waals surface area contributed by atoms with E-state index in [4.69, 9.17) is 0 Å². The molecule has 0 aliphatic carbocycles. The quantitative estimate of drug-likeness (QED) is 0.424. The summed E-state index contributed by atoms with van der Waals surface area (Å²) >= 11 is 0. The van der Waals surface area contributed by atoms with Gasteiger partial charge in [-0.3, -0.25) is 9.67 Å². The van der Waals surface area contributed by atoms with Gasteiger partial charge in [0.2, 0.25) is 0 Å². The fourth-order valence-electron chi connectivity index (χ4n) is 2.18. The number of aromatic nitrogens is 2. The van der Waals surface area contributed by atoms with Crippen molar-refractivity contribution in [1.82, 2.24) is 20.4 Å². The molecule has 126 valence electrons. The van der Waals surface area contributed by atoms with Crippen molar-refractivity contribution in [1.29, 1.82) is 0 Å². The molecule has 2 aromatic rings. The van der Waals surface area contributed by atoms with Gasteiger partial charge in [0, 0.05) is 39.1 Å². The Morgan fingerprint density at radius 2 is 2.00 bits per heavy atom. The molecule has 0 fully saturated rings. The highest BCUT2D eigenvalue weighted by atomic mass is 127. The Morgan fingerprint density at radius 3 is 2.61 bits per heavy atom. The summed E-state index contributed by atoms with van der Waals surface area (Å²) in [5.74, 6) is 1.30. The van der Waals surface area contributed by atoms with Crippen LogP contribution >= 0.6 is 24.0 Å². The standard InChI is InChI=1S/C17H25N5.HI/c1-14-5-7-16(8-6-14)12-20-17(18-3)19-11-15(2)13-22-10-4-9-21-22;/h4-10,15H,11-13H2,1-3H3,(H2,18,19,20);1H. The highest BCUT2D eigenvalue weighted by Gasteiger charge is 2.05. The Kier molecular flexibility index (Phi) is 8.68. The van der Waals surface area contributed by atoms with Gasteiger partial charge in [0.25, 0.3) is 0 Å². The molecule has 1 heterocycles. The number of hydrogen-bond acceptors (Lipinski definition) is 2. The van der Waals surface area contributed by atoms with Crippen LogP contribution in [0.25, 0.3) is 0 Å². The Balaban J connectivity index is 0.00000264. The molecule has 0 bridgehead atoms. The van der Waals surface area contributed by atoms with Gasteiger partial charge in [0.15, 0.2) is 5.96 Å². The van der Waals surface area contributed by atoms with Gasteiger partial charge in [0.1, 0.15) is 0 Å². The fraction of sp³-hybridized carbons (Fsp3) is 0.412. The number of guanidine groups is 1. The van der Waals surface area contributed by atoms with Crippen LogP contribution in [0.2, 0.25) is 0 Å². The van der Waals surface area contributed by atoms with Crippen LogP contribution in [0.3, 0.4) is 0 Å². The van der Waals surface area contributed by atoms with E-state index in [2.05, 4.69) is 58.8 Å². The van der Waals surface area contributed by atoms with Crippen molar-refractivity contribution in [2.45, 2.75) is 26.9 Å². The van der Waals surface area contributed by atoms with E-state index < -0.39 is 0 Å². The number of aliphatic imine (C=N–C) groups is 1. The largest absolute Gasteiger partial charge is 0.356 e. The third kappa shape index (κ3) is 7.02. The van der Waals surface area contributed by atoms with Gasteiger partial charge in [0.05, 0.1) is 0 Å². The highest BCUT2D eigenvalue weighted by molar-refractivity contribution is 14.0. The van der Waals surface area contributed by atoms with E-state index in [1.807, 2.05) is 23.1 Å². The number of halogens is 1. The van der Waals surface area contributed by atoms with Crippen LogP contribution in [-0.4, -0.2) is 29.3 Å². The predicted molar refractivity (Wildman–Crippen MR) is 106 cm³/mol. The van der Waals surface area contributed by atoms with Gasteiger partial charge in [-0.1, -0.05) is 36.8 Å². The second-order valence-corrected chi connectivity index (χ2v) is 5.63. The number of hydrogen-bond donors (Lipinski definition) is 2. The number of benzene rings is 1. The lowest BCUT2D eigenvalue weighted by Gasteiger charge is -2.16. The maximum absolute atomic E-state index is 4.26. The molecular formula is C17H26IN5.